The van der Waals surface area contributed by atoms with Crippen LogP contribution in [-0.4, -0.2) is 6.26 Å². The Bertz CT molecular complexity index is 280. The monoisotopic (exact) mass is 254 g/mol. The predicted octanol–water partition coefficient (Wildman–Crippen LogP) is 5.91. The van der Waals surface area contributed by atoms with Gasteiger partial charge in [0, 0.05) is 0 Å². The first-order valence-corrected chi connectivity index (χ1v) is 7.97. The van der Waals surface area contributed by atoms with Gasteiger partial charge in [0.05, 0.1) is 0 Å². The Morgan fingerprint density at radius 1 is 1.00 bits per heavy atom. The van der Waals surface area contributed by atoms with Gasteiger partial charge in [-0.1, -0.05) is 53.2 Å². The van der Waals surface area contributed by atoms with E-state index in [4.69, 9.17) is 0 Å². The molecule has 0 radical (unpaired) electrons. The molecule has 0 N–H and O–H groups in total. The number of hydrogen-bond acceptors (Lipinski definition) is 1. The zero-order valence-electron chi connectivity index (χ0n) is 12.9. The van der Waals surface area contributed by atoms with E-state index in [1.165, 1.54) is 17.6 Å². The third kappa shape index (κ3) is 6.35. The highest BCUT2D eigenvalue weighted by Crippen LogP contribution is 2.31. The van der Waals surface area contributed by atoms with Crippen LogP contribution < -0.4 is 0 Å². The molecular weight excluding hydrogens is 224 g/mol. The normalized spacial score (nSPS) is 14.9. The first kappa shape index (κ1) is 16.8. The van der Waals surface area contributed by atoms with Gasteiger partial charge in [-0.25, -0.2) is 0 Å². The van der Waals surface area contributed by atoms with Crippen molar-refractivity contribution in [2.24, 2.45) is 17.8 Å². The number of rotatable bonds is 6. The van der Waals surface area contributed by atoms with Crippen molar-refractivity contribution >= 4 is 11.8 Å². The molecule has 0 aromatic rings. The van der Waals surface area contributed by atoms with Crippen molar-refractivity contribution < 1.29 is 0 Å². The fourth-order valence-corrected chi connectivity index (χ4v) is 2.70. The van der Waals surface area contributed by atoms with Crippen LogP contribution in [0.4, 0.5) is 0 Å². The molecule has 0 amide bonds. The van der Waals surface area contributed by atoms with Gasteiger partial charge in [-0.3, -0.25) is 0 Å². The van der Waals surface area contributed by atoms with Gasteiger partial charge in [-0.15, -0.1) is 11.8 Å². The van der Waals surface area contributed by atoms with Crippen LogP contribution in [0.3, 0.4) is 0 Å². The molecular formula is C16H30S. The molecule has 0 aliphatic heterocycles. The van der Waals surface area contributed by atoms with Gasteiger partial charge in [0.2, 0.25) is 0 Å². The molecule has 0 atom stereocenters. The Balaban J connectivity index is 5.30. The van der Waals surface area contributed by atoms with Gasteiger partial charge in [0.25, 0.3) is 0 Å². The van der Waals surface area contributed by atoms with Gasteiger partial charge in [0.1, 0.15) is 0 Å². The van der Waals surface area contributed by atoms with E-state index in [9.17, 15) is 0 Å². The van der Waals surface area contributed by atoms with Crippen LogP contribution in [0, 0.1) is 17.8 Å². The van der Waals surface area contributed by atoms with Gasteiger partial charge in [-0.2, -0.15) is 0 Å². The maximum absolute atomic E-state index is 2.42. The van der Waals surface area contributed by atoms with Crippen molar-refractivity contribution in [3.63, 3.8) is 0 Å². The first-order chi connectivity index (χ1) is 7.79. The van der Waals surface area contributed by atoms with Crippen molar-refractivity contribution in [1.29, 1.82) is 0 Å². The Labute approximate surface area is 113 Å². The van der Waals surface area contributed by atoms with Crippen LogP contribution in [0.25, 0.3) is 0 Å². The lowest BCUT2D eigenvalue weighted by Crippen LogP contribution is -2.01. The van der Waals surface area contributed by atoms with E-state index in [2.05, 4.69) is 60.8 Å². The highest BCUT2D eigenvalue weighted by molar-refractivity contribution is 8.02. The van der Waals surface area contributed by atoms with Crippen LogP contribution in [0.15, 0.2) is 22.1 Å². The fraction of sp³-hybridized carbons (Fsp3) is 0.750. The minimum Gasteiger partial charge on any atom is -0.134 e. The first-order valence-electron chi connectivity index (χ1n) is 6.74. The molecule has 0 bridgehead atoms. The second kappa shape index (κ2) is 8.02. The van der Waals surface area contributed by atoms with Crippen molar-refractivity contribution in [3.8, 4) is 0 Å². The van der Waals surface area contributed by atoms with Crippen LogP contribution in [0.2, 0.25) is 0 Å². The molecule has 0 rings (SSSR count). The SMILES string of the molecule is CS/C(CC(C)C)=C(/C=C(\C)C(C)C)C(C)C. The molecule has 100 valence electrons. The van der Waals surface area contributed by atoms with E-state index in [0.717, 1.165) is 5.92 Å². The lowest BCUT2D eigenvalue weighted by Gasteiger charge is -2.18. The quantitative estimate of drug-likeness (QED) is 0.531. The standard InChI is InChI=1S/C16H30S/c1-11(2)9-16(17-8)15(13(5)6)10-14(7)12(3)4/h10-13H,9H2,1-8H3/b14-10+,16-15-. The summed E-state index contributed by atoms with van der Waals surface area (Å²) < 4.78 is 0. The smallest absolute Gasteiger partial charge is 0.0118 e. The zero-order chi connectivity index (χ0) is 13.6. The van der Waals surface area contributed by atoms with Crippen LogP contribution >= 0.6 is 11.8 Å². The van der Waals surface area contributed by atoms with E-state index in [0.29, 0.717) is 11.8 Å². The number of thioether (sulfide) groups is 1. The van der Waals surface area contributed by atoms with Gasteiger partial charge in [-0.05, 0) is 47.8 Å². The molecule has 0 saturated heterocycles. The fourth-order valence-electron chi connectivity index (χ4n) is 1.67. The molecule has 0 nitrogen and oxygen atoms in total. The topological polar surface area (TPSA) is 0 Å². The molecule has 0 aliphatic carbocycles. The summed E-state index contributed by atoms with van der Waals surface area (Å²) in [6, 6.07) is 0. The largest absolute Gasteiger partial charge is 0.134 e. The molecule has 17 heavy (non-hydrogen) atoms. The van der Waals surface area contributed by atoms with Crippen molar-refractivity contribution in [2.45, 2.75) is 54.9 Å². The Hall–Kier alpha value is -0.170. The van der Waals surface area contributed by atoms with Gasteiger partial charge < -0.3 is 0 Å². The van der Waals surface area contributed by atoms with Crippen LogP contribution in [-0.2, 0) is 0 Å². The minimum absolute atomic E-state index is 0.616. The maximum atomic E-state index is 2.42. The zero-order valence-corrected chi connectivity index (χ0v) is 13.7. The second-order valence-electron chi connectivity index (χ2n) is 5.88. The molecule has 0 saturated carbocycles. The Morgan fingerprint density at radius 3 is 1.82 bits per heavy atom. The average Bonchev–Trinajstić information content (AvgIpc) is 2.21. The summed E-state index contributed by atoms with van der Waals surface area (Å²) in [5.74, 6) is 2.00. The molecule has 0 aliphatic rings. The summed E-state index contributed by atoms with van der Waals surface area (Å²) in [4.78, 5) is 1.56. The summed E-state index contributed by atoms with van der Waals surface area (Å²) in [5, 5.41) is 0. The van der Waals surface area contributed by atoms with E-state index < -0.39 is 0 Å². The molecule has 0 aromatic carbocycles. The summed E-state index contributed by atoms with van der Waals surface area (Å²) in [6.45, 7) is 16.0. The highest BCUT2D eigenvalue weighted by Gasteiger charge is 2.11. The third-order valence-electron chi connectivity index (χ3n) is 3.08. The van der Waals surface area contributed by atoms with Gasteiger partial charge >= 0.3 is 0 Å². The van der Waals surface area contributed by atoms with E-state index >= 15 is 0 Å². The van der Waals surface area contributed by atoms with Crippen LogP contribution in [0.1, 0.15) is 54.9 Å². The summed E-state index contributed by atoms with van der Waals surface area (Å²) >= 11 is 1.92. The van der Waals surface area contributed by atoms with E-state index in [1.54, 1.807) is 4.91 Å². The third-order valence-corrected chi connectivity index (χ3v) is 3.97. The van der Waals surface area contributed by atoms with E-state index in [1.807, 2.05) is 11.8 Å². The predicted molar refractivity (Wildman–Crippen MR) is 83.4 cm³/mol. The number of allylic oxidation sites excluding steroid dienone is 4. The summed E-state index contributed by atoms with van der Waals surface area (Å²) in [5.41, 5.74) is 3.03. The average molecular weight is 254 g/mol. The molecule has 0 aromatic heterocycles. The highest BCUT2D eigenvalue weighted by atomic mass is 32.2. The summed E-state index contributed by atoms with van der Waals surface area (Å²) in [7, 11) is 0. The minimum atomic E-state index is 0.616. The lowest BCUT2D eigenvalue weighted by molar-refractivity contribution is 0.647. The van der Waals surface area contributed by atoms with Gasteiger partial charge in [0.15, 0.2) is 0 Å². The van der Waals surface area contributed by atoms with Crippen LogP contribution in [0.5, 0.6) is 0 Å². The van der Waals surface area contributed by atoms with Crippen molar-refractivity contribution in [3.05, 3.63) is 22.1 Å². The molecule has 0 fully saturated rings. The maximum Gasteiger partial charge on any atom is -0.0118 e. The molecule has 0 unspecified atom stereocenters. The second-order valence-corrected chi connectivity index (χ2v) is 6.78. The van der Waals surface area contributed by atoms with Crippen molar-refractivity contribution in [1.82, 2.24) is 0 Å². The van der Waals surface area contributed by atoms with E-state index in [-0.39, 0.29) is 0 Å². The summed E-state index contributed by atoms with van der Waals surface area (Å²) in [6.07, 6.45) is 5.83. The van der Waals surface area contributed by atoms with Crippen molar-refractivity contribution in [2.75, 3.05) is 6.26 Å². The Kier molecular flexibility index (Phi) is 7.94. The number of hydrogen-bond donors (Lipinski definition) is 0. The molecule has 1 heteroatoms. The lowest BCUT2D eigenvalue weighted by atomic mass is 9.94. The molecule has 0 heterocycles. The Morgan fingerprint density at radius 2 is 1.53 bits per heavy atom. The molecule has 0 spiro atoms.